The second-order valence-electron chi connectivity index (χ2n) is 3.83. The van der Waals surface area contributed by atoms with E-state index in [0.717, 1.165) is 31.0 Å². The molecular formula is C12H21NO3S. The lowest BCUT2D eigenvalue weighted by molar-refractivity contribution is 0.218. The summed E-state index contributed by atoms with van der Waals surface area (Å²) in [5, 5.41) is 3.26. The van der Waals surface area contributed by atoms with Crippen LogP contribution in [0.4, 0.5) is 0 Å². The topological polar surface area (TPSA) is 51.5 Å². The van der Waals surface area contributed by atoms with Crippen molar-refractivity contribution in [3.63, 3.8) is 0 Å². The van der Waals surface area contributed by atoms with Crippen molar-refractivity contribution >= 4 is 10.8 Å². The molecule has 0 radical (unpaired) electrons. The molecule has 4 nitrogen and oxygen atoms in total. The summed E-state index contributed by atoms with van der Waals surface area (Å²) in [6, 6.07) is 3.83. The van der Waals surface area contributed by atoms with Crippen LogP contribution in [0.25, 0.3) is 0 Å². The van der Waals surface area contributed by atoms with Crippen LogP contribution in [0.5, 0.6) is 0 Å². The average molecular weight is 259 g/mol. The highest BCUT2D eigenvalue weighted by molar-refractivity contribution is 7.84. The number of hydrogen-bond acceptors (Lipinski definition) is 4. The molecule has 0 spiro atoms. The van der Waals surface area contributed by atoms with Gasteiger partial charge in [0.2, 0.25) is 0 Å². The van der Waals surface area contributed by atoms with E-state index in [9.17, 15) is 4.21 Å². The van der Waals surface area contributed by atoms with Gasteiger partial charge >= 0.3 is 0 Å². The quantitative estimate of drug-likeness (QED) is 0.685. The Balaban J connectivity index is 2.32. The van der Waals surface area contributed by atoms with Crippen molar-refractivity contribution in [2.75, 3.05) is 26.0 Å². The molecule has 1 aromatic rings. The fourth-order valence-corrected chi connectivity index (χ4v) is 2.36. The third kappa shape index (κ3) is 6.00. The van der Waals surface area contributed by atoms with Gasteiger partial charge in [0, 0.05) is 23.7 Å². The summed E-state index contributed by atoms with van der Waals surface area (Å²) < 4.78 is 22.1. The summed E-state index contributed by atoms with van der Waals surface area (Å²) in [5.74, 6) is 2.71. The first-order valence-corrected chi connectivity index (χ1v) is 7.37. The molecule has 5 heteroatoms. The molecule has 0 amide bonds. The highest BCUT2D eigenvalue weighted by Gasteiger charge is 2.06. The first kappa shape index (κ1) is 14.4. The van der Waals surface area contributed by atoms with Crippen molar-refractivity contribution in [3.05, 3.63) is 23.7 Å². The zero-order valence-corrected chi connectivity index (χ0v) is 11.3. The van der Waals surface area contributed by atoms with Crippen LogP contribution >= 0.6 is 0 Å². The monoisotopic (exact) mass is 259 g/mol. The Morgan fingerprint density at radius 3 is 2.88 bits per heavy atom. The molecule has 0 bridgehead atoms. The number of methoxy groups -OCH3 is 1. The van der Waals surface area contributed by atoms with Crippen molar-refractivity contribution in [2.45, 2.75) is 25.6 Å². The van der Waals surface area contributed by atoms with E-state index in [1.165, 1.54) is 0 Å². The van der Waals surface area contributed by atoms with Crippen LogP contribution in [0.1, 0.15) is 24.9 Å². The highest BCUT2D eigenvalue weighted by Crippen LogP contribution is 2.10. The van der Waals surface area contributed by atoms with E-state index < -0.39 is 10.8 Å². The SMILES string of the molecule is CCCNCc1ccc(CS(=O)CCOC)o1. The maximum Gasteiger partial charge on any atom is 0.118 e. The Morgan fingerprint density at radius 2 is 2.18 bits per heavy atom. The van der Waals surface area contributed by atoms with Crippen molar-refractivity contribution in [3.8, 4) is 0 Å². The molecule has 0 saturated heterocycles. The molecule has 0 fully saturated rings. The molecular weight excluding hydrogens is 238 g/mol. The zero-order valence-electron chi connectivity index (χ0n) is 10.5. The van der Waals surface area contributed by atoms with Crippen molar-refractivity contribution in [2.24, 2.45) is 0 Å². The molecule has 1 heterocycles. The lowest BCUT2D eigenvalue weighted by Crippen LogP contribution is -2.13. The molecule has 1 aromatic heterocycles. The Bertz CT molecular complexity index is 338. The van der Waals surface area contributed by atoms with Gasteiger partial charge in [0.05, 0.1) is 18.9 Å². The molecule has 0 saturated carbocycles. The van der Waals surface area contributed by atoms with E-state index in [1.807, 2.05) is 12.1 Å². The fourth-order valence-electron chi connectivity index (χ4n) is 1.39. The summed E-state index contributed by atoms with van der Waals surface area (Å²) >= 11 is 0. The van der Waals surface area contributed by atoms with E-state index in [4.69, 9.17) is 9.15 Å². The Labute approximate surface area is 105 Å². The van der Waals surface area contributed by atoms with E-state index in [-0.39, 0.29) is 0 Å². The van der Waals surface area contributed by atoms with Gasteiger partial charge in [-0.3, -0.25) is 4.21 Å². The number of hydrogen-bond donors (Lipinski definition) is 1. The van der Waals surface area contributed by atoms with Gasteiger partial charge in [-0.15, -0.1) is 0 Å². The van der Waals surface area contributed by atoms with Crippen molar-refractivity contribution in [1.29, 1.82) is 0 Å². The molecule has 0 aromatic carbocycles. The molecule has 1 rings (SSSR count). The Kier molecular flexibility index (Phi) is 7.16. The summed E-state index contributed by atoms with van der Waals surface area (Å²) in [4.78, 5) is 0. The van der Waals surface area contributed by atoms with E-state index in [1.54, 1.807) is 7.11 Å². The van der Waals surface area contributed by atoms with E-state index in [0.29, 0.717) is 18.1 Å². The Hall–Kier alpha value is -0.650. The minimum Gasteiger partial charge on any atom is -0.464 e. The molecule has 1 atom stereocenters. The number of nitrogens with one attached hydrogen (secondary N) is 1. The Morgan fingerprint density at radius 1 is 1.41 bits per heavy atom. The first-order valence-electron chi connectivity index (χ1n) is 5.88. The highest BCUT2D eigenvalue weighted by atomic mass is 32.2. The second kappa shape index (κ2) is 8.44. The van der Waals surface area contributed by atoms with Crippen molar-refractivity contribution < 1.29 is 13.4 Å². The summed E-state index contributed by atoms with van der Waals surface area (Å²) in [6.45, 7) is 4.37. The largest absolute Gasteiger partial charge is 0.464 e. The van der Waals surface area contributed by atoms with Gasteiger partial charge in [0.1, 0.15) is 11.5 Å². The molecule has 17 heavy (non-hydrogen) atoms. The first-order chi connectivity index (χ1) is 8.26. The van der Waals surface area contributed by atoms with Gasteiger partial charge < -0.3 is 14.5 Å². The minimum atomic E-state index is -0.904. The third-order valence-corrected chi connectivity index (χ3v) is 3.49. The molecule has 0 aliphatic heterocycles. The van der Waals surface area contributed by atoms with Gasteiger partial charge in [-0.25, -0.2) is 0 Å². The van der Waals surface area contributed by atoms with Crippen LogP contribution in [-0.2, 0) is 27.8 Å². The molecule has 98 valence electrons. The molecule has 0 aliphatic rings. The molecule has 0 aliphatic carbocycles. The number of furan rings is 1. The fraction of sp³-hybridized carbons (Fsp3) is 0.667. The van der Waals surface area contributed by atoms with Gasteiger partial charge in [-0.2, -0.15) is 0 Å². The van der Waals surface area contributed by atoms with Gasteiger partial charge in [-0.1, -0.05) is 6.92 Å². The van der Waals surface area contributed by atoms with Crippen LogP contribution in [0.2, 0.25) is 0 Å². The standard InChI is InChI=1S/C12H21NO3S/c1-3-6-13-9-11-4-5-12(16-11)10-17(14)8-7-15-2/h4-5,13H,3,6-10H2,1-2H3. The molecule has 1 N–H and O–H groups in total. The maximum atomic E-state index is 11.6. The summed E-state index contributed by atoms with van der Waals surface area (Å²) in [6.07, 6.45) is 1.11. The molecule has 1 unspecified atom stereocenters. The predicted molar refractivity (Wildman–Crippen MR) is 69.3 cm³/mol. The van der Waals surface area contributed by atoms with Crippen LogP contribution in [-0.4, -0.2) is 30.2 Å². The van der Waals surface area contributed by atoms with Crippen molar-refractivity contribution in [1.82, 2.24) is 5.32 Å². The number of rotatable bonds is 9. The van der Waals surface area contributed by atoms with Crippen LogP contribution in [0, 0.1) is 0 Å². The summed E-state index contributed by atoms with van der Waals surface area (Å²) in [7, 11) is 0.709. The van der Waals surface area contributed by atoms with Gasteiger partial charge in [0.15, 0.2) is 0 Å². The zero-order chi connectivity index (χ0) is 12.5. The van der Waals surface area contributed by atoms with Crippen LogP contribution in [0.15, 0.2) is 16.5 Å². The average Bonchev–Trinajstić information content (AvgIpc) is 2.74. The van der Waals surface area contributed by atoms with E-state index in [2.05, 4.69) is 12.2 Å². The second-order valence-corrected chi connectivity index (χ2v) is 5.40. The normalized spacial score (nSPS) is 12.8. The number of ether oxygens (including phenoxy) is 1. The minimum absolute atomic E-state index is 0.469. The van der Waals surface area contributed by atoms with Crippen LogP contribution < -0.4 is 5.32 Å². The maximum absolute atomic E-state index is 11.6. The third-order valence-electron chi connectivity index (χ3n) is 2.26. The lowest BCUT2D eigenvalue weighted by atomic mass is 10.4. The van der Waals surface area contributed by atoms with Gasteiger partial charge in [0.25, 0.3) is 0 Å². The van der Waals surface area contributed by atoms with Crippen LogP contribution in [0.3, 0.4) is 0 Å². The van der Waals surface area contributed by atoms with Gasteiger partial charge in [-0.05, 0) is 25.1 Å². The summed E-state index contributed by atoms with van der Waals surface area (Å²) in [5.41, 5.74) is 0. The lowest BCUT2D eigenvalue weighted by Gasteiger charge is -2.00. The predicted octanol–water partition coefficient (Wildman–Crippen LogP) is 1.67. The van der Waals surface area contributed by atoms with E-state index >= 15 is 0 Å². The smallest absolute Gasteiger partial charge is 0.118 e.